The second-order valence-electron chi connectivity index (χ2n) is 4.34. The average molecular weight is 322 g/mol. The van der Waals surface area contributed by atoms with Crippen LogP contribution in [0.4, 0.5) is 0 Å². The largest absolute Gasteiger partial charge is 0.490 e. The first kappa shape index (κ1) is 15.6. The third-order valence-corrected chi connectivity index (χ3v) is 3.46. The first-order valence-electron chi connectivity index (χ1n) is 6.54. The lowest BCUT2D eigenvalue weighted by molar-refractivity contribution is 0.269. The van der Waals surface area contributed by atoms with E-state index in [9.17, 15) is 0 Å². The van der Waals surface area contributed by atoms with E-state index < -0.39 is 0 Å². The molecule has 0 aromatic heterocycles. The summed E-state index contributed by atoms with van der Waals surface area (Å²) < 4.78 is 11.3. The monoisotopic (exact) mass is 321 g/mol. The van der Waals surface area contributed by atoms with Crippen molar-refractivity contribution in [3.8, 4) is 11.5 Å². The molecule has 3 nitrogen and oxygen atoms in total. The molecule has 0 spiro atoms. The minimum absolute atomic E-state index is 0.325. The Balaban J connectivity index is 2.11. The smallest absolute Gasteiger partial charge is 0.161 e. The van der Waals surface area contributed by atoms with E-state index in [0.29, 0.717) is 29.0 Å². The Morgan fingerprint density at radius 1 is 1.14 bits per heavy atom. The van der Waals surface area contributed by atoms with Crippen LogP contribution in [0.1, 0.15) is 18.1 Å². The van der Waals surface area contributed by atoms with Gasteiger partial charge < -0.3 is 15.2 Å². The molecule has 0 amide bonds. The number of nitrogens with two attached hydrogens (primary N) is 1. The predicted molar refractivity (Wildman–Crippen MR) is 89.3 cm³/mol. The quantitative estimate of drug-likeness (QED) is 0.818. The molecule has 2 aromatic carbocycles. The highest BCUT2D eigenvalue weighted by Crippen LogP contribution is 2.28. The molecule has 110 valence electrons. The second-order valence-corrected chi connectivity index (χ2v) is 5.19. The van der Waals surface area contributed by atoms with Gasteiger partial charge in [0.25, 0.3) is 0 Å². The fraction of sp³-hybridized carbons (Fsp3) is 0.188. The first-order chi connectivity index (χ1) is 10.1. The zero-order valence-corrected chi connectivity index (χ0v) is 13.2. The van der Waals surface area contributed by atoms with Crippen molar-refractivity contribution in [2.45, 2.75) is 13.5 Å². The molecule has 0 aliphatic rings. The van der Waals surface area contributed by atoms with Gasteiger partial charge in [0.2, 0.25) is 0 Å². The van der Waals surface area contributed by atoms with Crippen LogP contribution in [-0.2, 0) is 6.61 Å². The Kier molecular flexibility index (Phi) is 5.42. The molecule has 0 unspecified atom stereocenters. The summed E-state index contributed by atoms with van der Waals surface area (Å²) in [5.74, 6) is 1.41. The van der Waals surface area contributed by atoms with Crippen LogP contribution in [0.15, 0.2) is 42.5 Å². The van der Waals surface area contributed by atoms with Crippen LogP contribution in [0.2, 0.25) is 5.02 Å². The molecule has 2 rings (SSSR count). The molecule has 0 radical (unpaired) electrons. The summed E-state index contributed by atoms with van der Waals surface area (Å²) in [5.41, 5.74) is 7.18. The molecular formula is C16H16ClNO2S. The van der Waals surface area contributed by atoms with Crippen molar-refractivity contribution in [2.75, 3.05) is 6.61 Å². The summed E-state index contributed by atoms with van der Waals surface area (Å²) in [5, 5.41) is 0.578. The van der Waals surface area contributed by atoms with Crippen LogP contribution in [0.3, 0.4) is 0 Å². The molecule has 21 heavy (non-hydrogen) atoms. The number of ether oxygens (including phenoxy) is 2. The van der Waals surface area contributed by atoms with Gasteiger partial charge in [-0.05, 0) is 25.1 Å². The summed E-state index contributed by atoms with van der Waals surface area (Å²) in [6, 6.07) is 13.0. The molecule has 2 N–H and O–H groups in total. The number of hydrogen-bond acceptors (Lipinski definition) is 3. The van der Waals surface area contributed by atoms with Crippen molar-refractivity contribution >= 4 is 28.8 Å². The van der Waals surface area contributed by atoms with Crippen LogP contribution in [0.25, 0.3) is 0 Å². The number of rotatable bonds is 6. The highest BCUT2D eigenvalue weighted by atomic mass is 35.5. The van der Waals surface area contributed by atoms with Gasteiger partial charge in [-0.25, -0.2) is 0 Å². The van der Waals surface area contributed by atoms with Gasteiger partial charge in [0, 0.05) is 16.1 Å². The van der Waals surface area contributed by atoms with E-state index in [4.69, 9.17) is 39.0 Å². The van der Waals surface area contributed by atoms with Crippen molar-refractivity contribution < 1.29 is 9.47 Å². The van der Waals surface area contributed by atoms with E-state index in [1.165, 1.54) is 0 Å². The topological polar surface area (TPSA) is 44.5 Å². The Hall–Kier alpha value is -1.78. The zero-order chi connectivity index (χ0) is 15.2. The van der Waals surface area contributed by atoms with Crippen LogP contribution in [0.5, 0.6) is 11.5 Å². The van der Waals surface area contributed by atoms with E-state index in [1.54, 1.807) is 6.07 Å². The molecule has 2 aromatic rings. The highest BCUT2D eigenvalue weighted by molar-refractivity contribution is 7.80. The Bertz CT molecular complexity index is 646. The van der Waals surface area contributed by atoms with Crippen molar-refractivity contribution in [1.82, 2.24) is 0 Å². The van der Waals surface area contributed by atoms with Gasteiger partial charge in [-0.15, -0.1) is 0 Å². The minimum Gasteiger partial charge on any atom is -0.490 e. The Labute approximate surface area is 134 Å². The highest BCUT2D eigenvalue weighted by Gasteiger charge is 2.07. The van der Waals surface area contributed by atoms with Gasteiger partial charge in [0.05, 0.1) is 6.61 Å². The van der Waals surface area contributed by atoms with Crippen molar-refractivity contribution in [1.29, 1.82) is 0 Å². The average Bonchev–Trinajstić information content (AvgIpc) is 2.47. The molecule has 0 atom stereocenters. The van der Waals surface area contributed by atoms with Crippen LogP contribution >= 0.6 is 23.8 Å². The lowest BCUT2D eigenvalue weighted by atomic mass is 10.1. The number of para-hydroxylation sites is 2. The summed E-state index contributed by atoms with van der Waals surface area (Å²) in [4.78, 5) is 0.325. The normalized spacial score (nSPS) is 10.2. The van der Waals surface area contributed by atoms with Gasteiger partial charge >= 0.3 is 0 Å². The maximum Gasteiger partial charge on any atom is 0.161 e. The molecular weight excluding hydrogens is 306 g/mol. The van der Waals surface area contributed by atoms with Crippen LogP contribution < -0.4 is 15.2 Å². The minimum atomic E-state index is 0.325. The Morgan fingerprint density at radius 3 is 2.38 bits per heavy atom. The molecule has 0 bridgehead atoms. The number of thiocarbonyl (C=S) groups is 1. The molecule has 0 fully saturated rings. The third kappa shape index (κ3) is 4.09. The first-order valence-corrected chi connectivity index (χ1v) is 7.33. The molecule has 0 saturated carbocycles. The van der Waals surface area contributed by atoms with Crippen molar-refractivity contribution in [3.63, 3.8) is 0 Å². The van der Waals surface area contributed by atoms with E-state index in [2.05, 4.69) is 0 Å². The van der Waals surface area contributed by atoms with E-state index in [1.807, 2.05) is 43.3 Å². The zero-order valence-electron chi connectivity index (χ0n) is 11.6. The van der Waals surface area contributed by atoms with Crippen molar-refractivity contribution in [3.05, 3.63) is 58.6 Å². The summed E-state index contributed by atoms with van der Waals surface area (Å²) in [6.07, 6.45) is 0. The van der Waals surface area contributed by atoms with E-state index >= 15 is 0 Å². The molecule has 0 aliphatic carbocycles. The lowest BCUT2D eigenvalue weighted by Crippen LogP contribution is -2.09. The van der Waals surface area contributed by atoms with Crippen LogP contribution in [0, 0.1) is 0 Å². The van der Waals surface area contributed by atoms with Gasteiger partial charge in [-0.1, -0.05) is 48.1 Å². The summed E-state index contributed by atoms with van der Waals surface area (Å²) >= 11 is 11.1. The molecule has 0 heterocycles. The summed E-state index contributed by atoms with van der Waals surface area (Å²) in [6.45, 7) is 2.87. The third-order valence-electron chi connectivity index (χ3n) is 2.87. The van der Waals surface area contributed by atoms with Crippen LogP contribution in [-0.4, -0.2) is 11.6 Å². The maximum atomic E-state index is 6.21. The number of benzene rings is 2. The molecule has 5 heteroatoms. The number of hydrogen-bond donors (Lipinski definition) is 1. The second kappa shape index (κ2) is 7.29. The van der Waals surface area contributed by atoms with Gasteiger partial charge in [0.15, 0.2) is 11.5 Å². The Morgan fingerprint density at radius 2 is 1.81 bits per heavy atom. The standard InChI is InChI=1S/C16H16ClNO2S/c1-2-19-14-5-3-4-6-15(14)20-10-12-8-7-11(16(18)21)9-13(12)17/h3-9H,2,10H2,1H3,(H2,18,21). The van der Waals surface area contributed by atoms with Crippen molar-refractivity contribution in [2.24, 2.45) is 5.73 Å². The fourth-order valence-corrected chi connectivity index (χ4v) is 2.18. The van der Waals surface area contributed by atoms with Gasteiger partial charge in [-0.2, -0.15) is 0 Å². The number of halogens is 1. The van der Waals surface area contributed by atoms with E-state index in [-0.39, 0.29) is 0 Å². The summed E-state index contributed by atoms with van der Waals surface area (Å²) in [7, 11) is 0. The fourth-order valence-electron chi connectivity index (χ4n) is 1.82. The molecule has 0 aliphatic heterocycles. The lowest BCUT2D eigenvalue weighted by Gasteiger charge is -2.12. The van der Waals surface area contributed by atoms with Gasteiger partial charge in [-0.3, -0.25) is 0 Å². The molecule has 0 saturated heterocycles. The predicted octanol–water partition coefficient (Wildman–Crippen LogP) is 3.95. The maximum absolute atomic E-state index is 6.21. The van der Waals surface area contributed by atoms with E-state index in [0.717, 1.165) is 16.9 Å². The SMILES string of the molecule is CCOc1ccccc1OCc1ccc(C(N)=S)cc1Cl. The van der Waals surface area contributed by atoms with Gasteiger partial charge in [0.1, 0.15) is 11.6 Å².